The minimum Gasteiger partial charge on any atom is -0.274 e. The SMILES string of the molecule is Cc1ccc(C(=O)NN(C(=O)c2cccc(F)c2)C2CC(=O)N(c3ccc(Cl)c(C)c3)C2=O)cc1. The van der Waals surface area contributed by atoms with Crippen molar-refractivity contribution >= 4 is 40.9 Å². The summed E-state index contributed by atoms with van der Waals surface area (Å²) in [5.41, 5.74) is 4.50. The molecule has 178 valence electrons. The number of hydrogen-bond acceptors (Lipinski definition) is 4. The lowest BCUT2D eigenvalue weighted by Crippen LogP contribution is -2.54. The lowest BCUT2D eigenvalue weighted by molar-refractivity contribution is -0.122. The number of anilines is 1. The summed E-state index contributed by atoms with van der Waals surface area (Å²) in [6.07, 6.45) is -0.365. The van der Waals surface area contributed by atoms with Crippen LogP contribution in [0.1, 0.15) is 38.3 Å². The molecule has 1 saturated heterocycles. The molecule has 1 aliphatic heterocycles. The molecule has 1 N–H and O–H groups in total. The van der Waals surface area contributed by atoms with Gasteiger partial charge in [0, 0.05) is 16.1 Å². The Labute approximate surface area is 206 Å². The predicted octanol–water partition coefficient (Wildman–Crippen LogP) is 4.22. The molecular weight excluding hydrogens is 473 g/mol. The summed E-state index contributed by atoms with van der Waals surface area (Å²) in [6.45, 7) is 3.59. The summed E-state index contributed by atoms with van der Waals surface area (Å²) in [5.74, 6) is -3.40. The molecule has 9 heteroatoms. The van der Waals surface area contributed by atoms with E-state index in [2.05, 4.69) is 5.43 Å². The minimum absolute atomic E-state index is 0.0877. The zero-order valence-corrected chi connectivity index (χ0v) is 19.7. The molecule has 0 radical (unpaired) electrons. The van der Waals surface area contributed by atoms with Crippen molar-refractivity contribution in [1.82, 2.24) is 10.4 Å². The number of nitrogens with one attached hydrogen (secondary N) is 1. The van der Waals surface area contributed by atoms with Gasteiger partial charge in [-0.2, -0.15) is 0 Å². The summed E-state index contributed by atoms with van der Waals surface area (Å²) in [7, 11) is 0. The van der Waals surface area contributed by atoms with Crippen molar-refractivity contribution in [3.63, 3.8) is 0 Å². The first kappa shape index (κ1) is 24.1. The van der Waals surface area contributed by atoms with Crippen LogP contribution in [0.3, 0.4) is 0 Å². The molecule has 0 aliphatic carbocycles. The molecule has 1 aliphatic rings. The van der Waals surface area contributed by atoms with Crippen LogP contribution in [-0.4, -0.2) is 34.7 Å². The molecule has 3 aromatic rings. The van der Waals surface area contributed by atoms with E-state index in [9.17, 15) is 23.6 Å². The predicted molar refractivity (Wildman–Crippen MR) is 128 cm³/mol. The van der Waals surface area contributed by atoms with Gasteiger partial charge < -0.3 is 0 Å². The number of rotatable bonds is 4. The van der Waals surface area contributed by atoms with Crippen LogP contribution >= 0.6 is 11.6 Å². The third-order valence-corrected chi connectivity index (χ3v) is 6.08. The maximum Gasteiger partial charge on any atom is 0.273 e. The second-order valence-corrected chi connectivity index (χ2v) is 8.62. The van der Waals surface area contributed by atoms with Crippen molar-refractivity contribution in [3.05, 3.63) is 99.8 Å². The molecule has 0 saturated carbocycles. The summed E-state index contributed by atoms with van der Waals surface area (Å²) < 4.78 is 13.8. The van der Waals surface area contributed by atoms with Gasteiger partial charge in [0.15, 0.2) is 0 Å². The van der Waals surface area contributed by atoms with Crippen molar-refractivity contribution in [2.45, 2.75) is 26.3 Å². The van der Waals surface area contributed by atoms with Gasteiger partial charge in [-0.05, 0) is 67.9 Å². The maximum atomic E-state index is 13.8. The first-order valence-electron chi connectivity index (χ1n) is 10.8. The van der Waals surface area contributed by atoms with Crippen LogP contribution < -0.4 is 10.3 Å². The highest BCUT2D eigenvalue weighted by Crippen LogP contribution is 2.29. The zero-order valence-electron chi connectivity index (χ0n) is 18.9. The topological polar surface area (TPSA) is 86.8 Å². The molecule has 1 fully saturated rings. The first-order chi connectivity index (χ1) is 16.7. The molecule has 1 unspecified atom stereocenters. The molecular formula is C26H21ClFN3O4. The second kappa shape index (κ2) is 9.68. The Morgan fingerprint density at radius 3 is 2.37 bits per heavy atom. The van der Waals surface area contributed by atoms with E-state index in [1.807, 2.05) is 6.92 Å². The van der Waals surface area contributed by atoms with E-state index >= 15 is 0 Å². The van der Waals surface area contributed by atoms with Gasteiger partial charge in [-0.25, -0.2) is 14.3 Å². The van der Waals surface area contributed by atoms with Crippen LogP contribution in [0.2, 0.25) is 5.02 Å². The summed E-state index contributed by atoms with van der Waals surface area (Å²) in [4.78, 5) is 53.5. The van der Waals surface area contributed by atoms with Gasteiger partial charge in [-0.1, -0.05) is 35.4 Å². The number of benzene rings is 3. The largest absolute Gasteiger partial charge is 0.274 e. The normalized spacial score (nSPS) is 15.3. The van der Waals surface area contributed by atoms with E-state index in [1.165, 1.54) is 24.3 Å². The lowest BCUT2D eigenvalue weighted by atomic mass is 10.1. The quantitative estimate of drug-likeness (QED) is 0.435. The molecule has 3 aromatic carbocycles. The van der Waals surface area contributed by atoms with Crippen molar-refractivity contribution in [3.8, 4) is 0 Å². The fraction of sp³-hybridized carbons (Fsp3) is 0.154. The standard InChI is InChI=1S/C26H21ClFN3O4/c1-15-6-8-17(9-7-15)24(33)29-31(25(34)18-4-3-5-19(28)13-18)22-14-23(32)30(26(22)35)20-10-11-21(27)16(2)12-20/h3-13,22H,14H2,1-2H3,(H,29,33). The molecule has 4 amide bonds. The molecule has 0 spiro atoms. The third kappa shape index (κ3) is 4.93. The van der Waals surface area contributed by atoms with E-state index in [1.54, 1.807) is 43.3 Å². The summed E-state index contributed by atoms with van der Waals surface area (Å²) in [6, 6.07) is 14.8. The Morgan fingerprint density at radius 1 is 1.00 bits per heavy atom. The maximum absolute atomic E-state index is 13.8. The Morgan fingerprint density at radius 2 is 1.71 bits per heavy atom. The molecule has 4 rings (SSSR count). The number of hydrazine groups is 1. The number of imide groups is 1. The fourth-order valence-electron chi connectivity index (χ4n) is 3.77. The average Bonchev–Trinajstić information content (AvgIpc) is 3.12. The van der Waals surface area contributed by atoms with E-state index < -0.39 is 35.5 Å². The Balaban J connectivity index is 1.69. The highest BCUT2D eigenvalue weighted by atomic mass is 35.5. The molecule has 35 heavy (non-hydrogen) atoms. The van der Waals surface area contributed by atoms with Gasteiger partial charge in [-0.3, -0.25) is 24.6 Å². The van der Waals surface area contributed by atoms with Gasteiger partial charge in [0.05, 0.1) is 12.1 Å². The first-order valence-corrected chi connectivity index (χ1v) is 11.1. The van der Waals surface area contributed by atoms with Crippen molar-refractivity contribution in [1.29, 1.82) is 0 Å². The number of nitrogens with zero attached hydrogens (tertiary/aromatic N) is 2. The van der Waals surface area contributed by atoms with Crippen LogP contribution in [0.25, 0.3) is 0 Å². The van der Waals surface area contributed by atoms with Gasteiger partial charge in [0.1, 0.15) is 11.9 Å². The second-order valence-electron chi connectivity index (χ2n) is 8.21. The third-order valence-electron chi connectivity index (χ3n) is 5.66. The Kier molecular flexibility index (Phi) is 6.66. The monoisotopic (exact) mass is 493 g/mol. The van der Waals surface area contributed by atoms with Crippen LogP contribution in [-0.2, 0) is 9.59 Å². The number of carbonyl (C=O) groups is 4. The number of amides is 4. The van der Waals surface area contributed by atoms with Crippen LogP contribution in [0, 0.1) is 19.7 Å². The number of carbonyl (C=O) groups excluding carboxylic acids is 4. The molecule has 1 heterocycles. The number of hydrogen-bond donors (Lipinski definition) is 1. The van der Waals surface area contributed by atoms with Crippen molar-refractivity contribution in [2.24, 2.45) is 0 Å². The zero-order chi connectivity index (χ0) is 25.3. The van der Waals surface area contributed by atoms with Gasteiger partial charge >= 0.3 is 0 Å². The minimum atomic E-state index is -1.33. The van der Waals surface area contributed by atoms with E-state index in [0.29, 0.717) is 16.3 Å². The average molecular weight is 494 g/mol. The van der Waals surface area contributed by atoms with E-state index in [-0.39, 0.29) is 17.5 Å². The van der Waals surface area contributed by atoms with Crippen LogP contribution in [0.15, 0.2) is 66.7 Å². The van der Waals surface area contributed by atoms with Gasteiger partial charge in [0.25, 0.3) is 17.7 Å². The van der Waals surface area contributed by atoms with Gasteiger partial charge in [0.2, 0.25) is 5.91 Å². The van der Waals surface area contributed by atoms with Crippen molar-refractivity contribution in [2.75, 3.05) is 4.90 Å². The Bertz CT molecular complexity index is 1340. The highest BCUT2D eigenvalue weighted by molar-refractivity contribution is 6.31. The van der Waals surface area contributed by atoms with E-state index in [0.717, 1.165) is 21.5 Å². The number of aryl methyl sites for hydroxylation is 2. The van der Waals surface area contributed by atoms with Crippen LogP contribution in [0.5, 0.6) is 0 Å². The fourth-order valence-corrected chi connectivity index (χ4v) is 3.88. The van der Waals surface area contributed by atoms with Gasteiger partial charge in [-0.15, -0.1) is 0 Å². The van der Waals surface area contributed by atoms with E-state index in [4.69, 9.17) is 11.6 Å². The van der Waals surface area contributed by atoms with Crippen molar-refractivity contribution < 1.29 is 23.6 Å². The Hall–Kier alpha value is -4.04. The lowest BCUT2D eigenvalue weighted by Gasteiger charge is -2.28. The molecule has 7 nitrogen and oxygen atoms in total. The highest BCUT2D eigenvalue weighted by Gasteiger charge is 2.45. The smallest absolute Gasteiger partial charge is 0.273 e. The molecule has 0 bridgehead atoms. The molecule has 0 aromatic heterocycles. The molecule has 1 atom stereocenters. The summed E-state index contributed by atoms with van der Waals surface area (Å²) in [5, 5.41) is 1.28. The number of halogens is 2. The van der Waals surface area contributed by atoms with Crippen LogP contribution in [0.4, 0.5) is 10.1 Å². The summed E-state index contributed by atoms with van der Waals surface area (Å²) >= 11 is 6.07.